The van der Waals surface area contributed by atoms with Crippen LogP contribution in [0.3, 0.4) is 0 Å². The molecule has 1 amide bonds. The van der Waals surface area contributed by atoms with E-state index in [1.807, 2.05) is 6.07 Å². The van der Waals surface area contributed by atoms with Gasteiger partial charge < -0.3 is 4.74 Å². The van der Waals surface area contributed by atoms with Crippen molar-refractivity contribution < 1.29 is 22.7 Å². The maximum atomic E-state index is 13.7. The second-order valence-electron chi connectivity index (χ2n) is 6.22. The molecule has 6 nitrogen and oxygen atoms in total. The first-order valence-corrected chi connectivity index (χ1v) is 8.90. The fourth-order valence-electron chi connectivity index (χ4n) is 2.73. The molecule has 9 heteroatoms. The van der Waals surface area contributed by atoms with Gasteiger partial charge >= 0.3 is 6.18 Å². The Morgan fingerprint density at radius 1 is 1.10 bits per heavy atom. The number of carbonyl (C=O) groups excluding carboxylic acids is 1. The summed E-state index contributed by atoms with van der Waals surface area (Å²) in [7, 11) is 0. The Bertz CT molecular complexity index is 897. The number of hydrogen-bond acceptors (Lipinski definition) is 5. The van der Waals surface area contributed by atoms with Crippen LogP contribution in [0.15, 0.2) is 71.1 Å². The van der Waals surface area contributed by atoms with Gasteiger partial charge in [0.05, 0.1) is 6.42 Å². The maximum absolute atomic E-state index is 13.7. The Morgan fingerprint density at radius 2 is 1.86 bits per heavy atom. The molecule has 0 atom stereocenters. The molecule has 0 radical (unpaired) electrons. The number of hydrazine groups is 1. The predicted molar refractivity (Wildman–Crippen MR) is 100 cm³/mol. The standard InChI is InChI=1S/C20H19F3N4O2/c21-20(22,23)18-16(29-13-14-6-2-1-3-7-14)9-11-25-19(18)27-26-17(28)12-15-8-4-5-10-24-15/h1-8,10H,9,11-13H2,(H,25,27)(H,26,28). The lowest BCUT2D eigenvalue weighted by Crippen LogP contribution is -2.46. The Labute approximate surface area is 165 Å². The lowest BCUT2D eigenvalue weighted by atomic mass is 10.1. The van der Waals surface area contributed by atoms with Gasteiger partial charge in [0.1, 0.15) is 17.9 Å². The summed E-state index contributed by atoms with van der Waals surface area (Å²) >= 11 is 0. The fourth-order valence-corrected chi connectivity index (χ4v) is 2.73. The molecule has 0 saturated heterocycles. The topological polar surface area (TPSA) is 75.6 Å². The second kappa shape index (κ2) is 9.22. The molecule has 0 saturated carbocycles. The highest BCUT2D eigenvalue weighted by atomic mass is 19.4. The lowest BCUT2D eigenvalue weighted by molar-refractivity contribution is -0.121. The Kier molecular flexibility index (Phi) is 6.48. The van der Waals surface area contributed by atoms with E-state index in [1.54, 1.807) is 42.5 Å². The molecule has 3 rings (SSSR count). The number of carbonyl (C=O) groups is 1. The number of hydrogen-bond donors (Lipinski definition) is 2. The molecular weight excluding hydrogens is 385 g/mol. The summed E-state index contributed by atoms with van der Waals surface area (Å²) in [5.74, 6) is -1.22. The van der Waals surface area contributed by atoms with E-state index in [1.165, 1.54) is 6.20 Å². The maximum Gasteiger partial charge on any atom is 0.423 e. The van der Waals surface area contributed by atoms with Gasteiger partial charge in [-0.1, -0.05) is 36.4 Å². The van der Waals surface area contributed by atoms with Crippen LogP contribution in [0.2, 0.25) is 0 Å². The number of benzene rings is 1. The summed E-state index contributed by atoms with van der Waals surface area (Å²) in [5.41, 5.74) is 4.77. The van der Waals surface area contributed by atoms with Gasteiger partial charge in [0.15, 0.2) is 5.84 Å². The van der Waals surface area contributed by atoms with E-state index in [0.29, 0.717) is 5.69 Å². The van der Waals surface area contributed by atoms with Crippen molar-refractivity contribution in [1.29, 1.82) is 0 Å². The van der Waals surface area contributed by atoms with Gasteiger partial charge in [-0.05, 0) is 17.7 Å². The van der Waals surface area contributed by atoms with Crippen molar-refractivity contribution >= 4 is 11.7 Å². The van der Waals surface area contributed by atoms with Crippen LogP contribution in [0.25, 0.3) is 0 Å². The van der Waals surface area contributed by atoms with Crippen molar-refractivity contribution in [2.24, 2.45) is 4.99 Å². The summed E-state index contributed by atoms with van der Waals surface area (Å²) in [6.45, 7) is 0.122. The number of dihydropyridines is 1. The number of pyridine rings is 1. The molecule has 1 aromatic heterocycles. The van der Waals surface area contributed by atoms with Gasteiger partial charge in [-0.2, -0.15) is 13.2 Å². The average molecular weight is 404 g/mol. The number of halogens is 3. The predicted octanol–water partition coefficient (Wildman–Crippen LogP) is 3.08. The minimum Gasteiger partial charge on any atom is -0.492 e. The number of amidine groups is 1. The normalized spacial score (nSPS) is 14.2. The van der Waals surface area contributed by atoms with Crippen molar-refractivity contribution in [2.45, 2.75) is 25.6 Å². The molecule has 1 aromatic carbocycles. The molecule has 0 fully saturated rings. The van der Waals surface area contributed by atoms with E-state index < -0.39 is 23.5 Å². The summed E-state index contributed by atoms with van der Waals surface area (Å²) in [5, 5.41) is 0. The summed E-state index contributed by atoms with van der Waals surface area (Å²) < 4.78 is 46.4. The number of nitrogens with one attached hydrogen (secondary N) is 2. The Morgan fingerprint density at radius 3 is 2.55 bits per heavy atom. The quantitative estimate of drug-likeness (QED) is 0.751. The molecular formula is C20H19F3N4O2. The summed E-state index contributed by atoms with van der Waals surface area (Å²) in [6.07, 6.45) is -3.22. The number of rotatable bonds is 5. The number of aliphatic imine (C=N–C) groups is 1. The summed E-state index contributed by atoms with van der Waals surface area (Å²) in [4.78, 5) is 19.9. The van der Waals surface area contributed by atoms with Gasteiger partial charge in [0.25, 0.3) is 0 Å². The highest BCUT2D eigenvalue weighted by Gasteiger charge is 2.42. The van der Waals surface area contributed by atoms with E-state index in [2.05, 4.69) is 20.8 Å². The zero-order chi connectivity index (χ0) is 20.7. The molecule has 1 aliphatic rings. The van der Waals surface area contributed by atoms with Crippen LogP contribution in [-0.2, 0) is 22.6 Å². The highest BCUT2D eigenvalue weighted by Crippen LogP contribution is 2.33. The van der Waals surface area contributed by atoms with E-state index in [0.717, 1.165) is 5.56 Å². The number of aromatic nitrogens is 1. The molecule has 0 bridgehead atoms. The van der Waals surface area contributed by atoms with Gasteiger partial charge in [-0.3, -0.25) is 25.6 Å². The third-order valence-corrected chi connectivity index (χ3v) is 4.05. The number of alkyl halides is 3. The van der Waals surface area contributed by atoms with E-state index >= 15 is 0 Å². The molecule has 152 valence electrons. The SMILES string of the molecule is O=C(Cc1ccccn1)NNC1=NCCC(OCc2ccccc2)=C1C(F)(F)F. The number of amides is 1. The van der Waals surface area contributed by atoms with Crippen molar-refractivity contribution in [1.82, 2.24) is 15.8 Å². The van der Waals surface area contributed by atoms with Crippen LogP contribution in [0, 0.1) is 0 Å². The molecule has 2 aromatic rings. The van der Waals surface area contributed by atoms with Gasteiger partial charge in [0, 0.05) is 24.9 Å². The zero-order valence-electron chi connectivity index (χ0n) is 15.4. The first kappa shape index (κ1) is 20.4. The van der Waals surface area contributed by atoms with Crippen molar-refractivity contribution in [3.05, 3.63) is 77.3 Å². The van der Waals surface area contributed by atoms with Crippen molar-refractivity contribution in [2.75, 3.05) is 6.54 Å². The fraction of sp³-hybridized carbons (Fsp3) is 0.250. The zero-order valence-corrected chi connectivity index (χ0v) is 15.4. The lowest BCUT2D eigenvalue weighted by Gasteiger charge is -2.24. The van der Waals surface area contributed by atoms with E-state index in [-0.39, 0.29) is 31.8 Å². The third-order valence-electron chi connectivity index (χ3n) is 4.05. The monoisotopic (exact) mass is 404 g/mol. The Hall–Kier alpha value is -3.36. The first-order chi connectivity index (χ1) is 13.9. The second-order valence-corrected chi connectivity index (χ2v) is 6.22. The third kappa shape index (κ3) is 5.81. The molecule has 2 N–H and O–H groups in total. The van der Waals surface area contributed by atoms with E-state index in [9.17, 15) is 18.0 Å². The van der Waals surface area contributed by atoms with Crippen LogP contribution in [0.5, 0.6) is 0 Å². The molecule has 29 heavy (non-hydrogen) atoms. The van der Waals surface area contributed by atoms with Crippen LogP contribution < -0.4 is 10.9 Å². The first-order valence-electron chi connectivity index (χ1n) is 8.90. The van der Waals surface area contributed by atoms with Crippen LogP contribution >= 0.6 is 0 Å². The minimum absolute atomic E-state index is 0.00900. The smallest absolute Gasteiger partial charge is 0.423 e. The molecule has 0 aliphatic carbocycles. The van der Waals surface area contributed by atoms with Crippen molar-refractivity contribution in [3.8, 4) is 0 Å². The van der Waals surface area contributed by atoms with Crippen LogP contribution in [0.1, 0.15) is 17.7 Å². The highest BCUT2D eigenvalue weighted by molar-refractivity contribution is 6.01. The molecule has 0 unspecified atom stereocenters. The number of nitrogens with zero attached hydrogens (tertiary/aromatic N) is 2. The molecule has 0 spiro atoms. The van der Waals surface area contributed by atoms with Gasteiger partial charge in [0.2, 0.25) is 5.91 Å². The number of ether oxygens (including phenoxy) is 1. The van der Waals surface area contributed by atoms with Crippen LogP contribution in [0.4, 0.5) is 13.2 Å². The largest absolute Gasteiger partial charge is 0.492 e. The van der Waals surface area contributed by atoms with E-state index in [4.69, 9.17) is 4.74 Å². The van der Waals surface area contributed by atoms with Gasteiger partial charge in [-0.15, -0.1) is 0 Å². The molecule has 1 aliphatic heterocycles. The summed E-state index contributed by atoms with van der Waals surface area (Å²) in [6, 6.07) is 14.0. The van der Waals surface area contributed by atoms with Gasteiger partial charge in [-0.25, -0.2) is 0 Å². The Balaban J connectivity index is 1.68. The van der Waals surface area contributed by atoms with Crippen LogP contribution in [-0.4, -0.2) is 29.4 Å². The van der Waals surface area contributed by atoms with Crippen molar-refractivity contribution in [3.63, 3.8) is 0 Å². The molecule has 2 heterocycles. The minimum atomic E-state index is -4.69. The average Bonchev–Trinajstić information content (AvgIpc) is 2.71.